The Morgan fingerprint density at radius 1 is 1.08 bits per heavy atom. The second-order valence-electron chi connectivity index (χ2n) is 2.26. The molecule has 2 nitrogen and oxygen atoms in total. The van der Waals surface area contributed by atoms with Crippen LogP contribution in [-0.4, -0.2) is 19.6 Å². The fourth-order valence-electron chi connectivity index (χ4n) is 0.704. The molecule has 1 saturated heterocycles. The smallest absolute Gasteiger partial charge is 0.212 e. The summed E-state index contributed by atoms with van der Waals surface area (Å²) >= 11 is 33.8. The van der Waals surface area contributed by atoms with Crippen LogP contribution >= 0.6 is 69.6 Å². The zero-order valence-corrected chi connectivity index (χ0v) is 10.2. The summed E-state index contributed by atoms with van der Waals surface area (Å²) < 4.78 is -0.0929. The van der Waals surface area contributed by atoms with E-state index >= 15 is 0 Å². The highest BCUT2D eigenvalue weighted by Gasteiger charge is 2.83. The van der Waals surface area contributed by atoms with Crippen molar-refractivity contribution in [2.24, 2.45) is 5.90 Å². The van der Waals surface area contributed by atoms with E-state index in [9.17, 15) is 0 Å². The maximum Gasteiger partial charge on any atom is 0.437 e. The Morgan fingerprint density at radius 3 is 1.69 bits per heavy atom. The maximum absolute atomic E-state index is 5.97. The Kier molecular flexibility index (Phi) is 3.47. The third-order valence-corrected chi connectivity index (χ3v) is 4.95. The number of hydrogen-bond donors (Lipinski definition) is 1. The van der Waals surface area contributed by atoms with E-state index < -0.39 is 19.6 Å². The summed E-state index contributed by atoms with van der Waals surface area (Å²) in [5.41, 5.74) is 0. The lowest BCUT2D eigenvalue weighted by atomic mass is 10.3. The molecule has 13 heavy (non-hydrogen) atoms. The first-order valence-electron chi connectivity index (χ1n) is 2.80. The quantitative estimate of drug-likeness (QED) is 0.597. The van der Waals surface area contributed by atoms with Crippen LogP contribution in [0.15, 0.2) is 0 Å². The van der Waals surface area contributed by atoms with Gasteiger partial charge in [0.15, 0.2) is 0 Å². The average molecular weight is 313 g/mol. The summed E-state index contributed by atoms with van der Waals surface area (Å²) in [6.07, 6.45) is -1.44. The van der Waals surface area contributed by atoms with Crippen LogP contribution in [0, 0.1) is 4.08 Å². The van der Waals surface area contributed by atoms with E-state index in [4.69, 9.17) is 79.6 Å². The first-order chi connectivity index (χ1) is 5.67. The van der Waals surface area contributed by atoms with Crippen LogP contribution in [-0.2, 0) is 4.84 Å². The van der Waals surface area contributed by atoms with Gasteiger partial charge in [0.05, 0.1) is 0 Å². The van der Waals surface area contributed by atoms with Gasteiger partial charge < -0.3 is 0 Å². The van der Waals surface area contributed by atoms with Gasteiger partial charge in [0.25, 0.3) is 8.67 Å². The van der Waals surface area contributed by atoms with E-state index in [2.05, 4.69) is 4.84 Å². The van der Waals surface area contributed by atoms with Crippen molar-refractivity contribution in [3.8, 4) is 0 Å². The fraction of sp³-hybridized carbons (Fsp3) is 1.00. The normalized spacial score (nSPS) is 34.8. The number of halogens is 7. The molecule has 0 aromatic rings. The van der Waals surface area contributed by atoms with Gasteiger partial charge in [0.2, 0.25) is 0 Å². The number of alkyl halides is 8. The Balaban J connectivity index is 3.08. The van der Waals surface area contributed by atoms with Gasteiger partial charge in [-0.3, -0.25) is 0 Å². The van der Waals surface area contributed by atoms with E-state index in [-0.39, 0.29) is 0 Å². The third-order valence-electron chi connectivity index (χ3n) is 1.42. The molecule has 0 spiro atoms. The second-order valence-corrected chi connectivity index (χ2v) is 6.20. The highest BCUT2D eigenvalue weighted by atomic mass is 35.5. The van der Waals surface area contributed by atoms with Crippen molar-refractivity contribution in [1.29, 1.82) is 0 Å². The molecule has 2 N–H and O–H groups in total. The van der Waals surface area contributed by atoms with Crippen molar-refractivity contribution in [1.82, 2.24) is 0 Å². The predicted octanol–water partition coefficient (Wildman–Crippen LogP) is 2.78. The van der Waals surface area contributed by atoms with Gasteiger partial charge in [-0.25, -0.2) is 10.7 Å². The first-order valence-corrected chi connectivity index (χ1v) is 5.07. The molecule has 0 amide bonds. The van der Waals surface area contributed by atoms with Gasteiger partial charge in [-0.15, -0.1) is 4.08 Å². The summed E-state index contributed by atoms with van der Waals surface area (Å²) in [7, 11) is 0. The Labute approximate surface area is 104 Å². The molecule has 1 atom stereocenters. The molecule has 1 rings (SSSR count). The third kappa shape index (κ3) is 1.72. The van der Waals surface area contributed by atoms with E-state index in [1.54, 1.807) is 0 Å². The number of rotatable bonds is 1. The van der Waals surface area contributed by atoms with Crippen LogP contribution in [0.3, 0.4) is 0 Å². The van der Waals surface area contributed by atoms with Crippen molar-refractivity contribution in [2.45, 2.75) is 19.6 Å². The molecule has 0 aromatic heterocycles. The Hall–Kier alpha value is 1.59. The molecule has 1 heterocycles. The van der Waals surface area contributed by atoms with Gasteiger partial charge in [-0.05, 0) is 0 Å². The van der Waals surface area contributed by atoms with E-state index in [1.807, 2.05) is 0 Å². The minimum Gasteiger partial charge on any atom is -0.212 e. The molecule has 9 heteroatoms. The molecule has 1 aliphatic heterocycles. The van der Waals surface area contributed by atoms with Crippen LogP contribution in [0.4, 0.5) is 0 Å². The summed E-state index contributed by atoms with van der Waals surface area (Å²) in [4.78, 5) is 4.22. The standard InChI is InChI=1S/C4H3Cl6FNO/c5-2(6)1(13-12)11-4(9,10)3(2,7)8/h1H,12H2/q+1. The Bertz CT molecular complexity index is 221. The molecule has 78 valence electrons. The molecule has 0 bridgehead atoms. The molecule has 1 aliphatic rings. The van der Waals surface area contributed by atoms with Crippen molar-refractivity contribution in [2.75, 3.05) is 0 Å². The summed E-state index contributed by atoms with van der Waals surface area (Å²) in [5.74, 6) is 4.79. The first kappa shape index (κ1) is 12.7. The molecular formula is C4H3Cl6FNO+. The van der Waals surface area contributed by atoms with E-state index in [0.29, 0.717) is 0 Å². The van der Waals surface area contributed by atoms with Crippen LogP contribution in [0.25, 0.3) is 0 Å². The monoisotopic (exact) mass is 310 g/mol. The number of hydrogen-bond acceptors (Lipinski definition) is 2. The van der Waals surface area contributed by atoms with Crippen molar-refractivity contribution in [3.63, 3.8) is 0 Å². The summed E-state index contributed by atoms with van der Waals surface area (Å²) in [6.45, 7) is 0. The molecule has 0 aliphatic carbocycles. The van der Waals surface area contributed by atoms with Crippen LogP contribution < -0.4 is 5.90 Å². The van der Waals surface area contributed by atoms with Gasteiger partial charge in [-0.1, -0.05) is 46.4 Å². The number of nitrogens with two attached hydrogens (primary N) is 1. The topological polar surface area (TPSA) is 35.2 Å². The van der Waals surface area contributed by atoms with Gasteiger partial charge in [0.1, 0.15) is 0 Å². The van der Waals surface area contributed by atoms with Gasteiger partial charge >= 0.3 is 10.9 Å². The molecular weight excluding hydrogens is 310 g/mol. The van der Waals surface area contributed by atoms with Crippen molar-refractivity contribution in [3.05, 3.63) is 0 Å². The maximum atomic E-state index is 5.97. The van der Waals surface area contributed by atoms with Crippen LogP contribution in [0.1, 0.15) is 0 Å². The van der Waals surface area contributed by atoms with E-state index in [0.717, 1.165) is 0 Å². The second kappa shape index (κ2) is 3.56. The fourth-order valence-corrected chi connectivity index (χ4v) is 2.05. The summed E-state index contributed by atoms with van der Waals surface area (Å²) in [5, 5.41) is 0. The summed E-state index contributed by atoms with van der Waals surface area (Å²) in [6, 6.07) is 0. The molecule has 0 saturated carbocycles. The highest BCUT2D eigenvalue weighted by molar-refractivity contribution is 6.69. The highest BCUT2D eigenvalue weighted by Crippen LogP contribution is 2.62. The van der Waals surface area contributed by atoms with Gasteiger partial charge in [0, 0.05) is 23.2 Å². The zero-order chi connectivity index (χ0) is 10.5. The molecule has 0 radical (unpaired) electrons. The van der Waals surface area contributed by atoms with Crippen molar-refractivity contribution >= 4 is 69.6 Å². The molecule has 1 unspecified atom stereocenters. The lowest BCUT2D eigenvalue weighted by Crippen LogP contribution is -2.45. The minimum atomic E-state index is -2.12. The zero-order valence-electron chi connectivity index (χ0n) is 5.71. The van der Waals surface area contributed by atoms with E-state index in [1.165, 1.54) is 0 Å². The lowest BCUT2D eigenvalue weighted by Gasteiger charge is -2.21. The average Bonchev–Trinajstić information content (AvgIpc) is 2.08. The van der Waals surface area contributed by atoms with Gasteiger partial charge in [-0.2, -0.15) is 0 Å². The Morgan fingerprint density at radius 2 is 1.54 bits per heavy atom. The predicted molar refractivity (Wildman–Crippen MR) is 52.4 cm³/mol. The minimum absolute atomic E-state index is 1.44. The SMILES string of the molecule is NOC1[F+]C(Cl)(Cl)C(Cl)(Cl)C1(Cl)Cl. The molecule has 0 aromatic carbocycles. The van der Waals surface area contributed by atoms with Crippen molar-refractivity contribution < 1.29 is 8.91 Å². The van der Waals surface area contributed by atoms with Crippen LogP contribution in [0.2, 0.25) is 0 Å². The molecule has 1 fully saturated rings. The lowest BCUT2D eigenvalue weighted by molar-refractivity contribution is -0.734. The van der Waals surface area contributed by atoms with Crippen LogP contribution in [0.5, 0.6) is 0 Å². The largest absolute Gasteiger partial charge is 0.437 e.